The topological polar surface area (TPSA) is 23.8 Å². The summed E-state index contributed by atoms with van der Waals surface area (Å²) in [4.78, 5) is 0. The molecular formula is C10H17BN. The summed E-state index contributed by atoms with van der Waals surface area (Å²) < 4.78 is 0. The predicted molar refractivity (Wildman–Crippen MR) is 52.2 cm³/mol. The molecule has 0 amide bonds. The van der Waals surface area contributed by atoms with Crippen LogP contribution in [0.5, 0.6) is 0 Å². The van der Waals surface area contributed by atoms with Gasteiger partial charge in [0.2, 0.25) is 0 Å². The second-order valence-electron chi connectivity index (χ2n) is 3.78. The molecule has 12 heavy (non-hydrogen) atoms. The van der Waals surface area contributed by atoms with Gasteiger partial charge in [-0.2, -0.15) is 5.26 Å². The number of hydrogen-bond acceptors (Lipinski definition) is 1. The highest BCUT2D eigenvalue weighted by molar-refractivity contribution is 6.35. The van der Waals surface area contributed by atoms with Crippen LogP contribution in [0.1, 0.15) is 38.5 Å². The molecule has 0 spiro atoms. The average Bonchev–Trinajstić information content (AvgIpc) is 2.05. The largest absolute Gasteiger partial charge is 0.198 e. The minimum Gasteiger partial charge on any atom is -0.198 e. The Balaban J connectivity index is 2.30. The van der Waals surface area contributed by atoms with Crippen LogP contribution >= 0.6 is 0 Å². The third kappa shape index (κ3) is 2.89. The normalized spacial score (nSPS) is 31.3. The molecule has 0 saturated heterocycles. The Morgan fingerprint density at radius 3 is 2.17 bits per heavy atom. The van der Waals surface area contributed by atoms with E-state index in [1.807, 2.05) is 0 Å². The molecule has 1 saturated carbocycles. The van der Waals surface area contributed by atoms with E-state index in [9.17, 15) is 0 Å². The van der Waals surface area contributed by atoms with Crippen LogP contribution in [0, 0.1) is 17.2 Å². The van der Waals surface area contributed by atoms with Crippen molar-refractivity contribution in [2.45, 2.75) is 51.2 Å². The molecular weight excluding hydrogens is 145 g/mol. The number of nitrogens with zero attached hydrogens (tertiary/aromatic N) is 1. The monoisotopic (exact) mass is 162 g/mol. The van der Waals surface area contributed by atoms with Crippen molar-refractivity contribution in [3.63, 3.8) is 0 Å². The Kier molecular flexibility index (Phi) is 4.21. The summed E-state index contributed by atoms with van der Waals surface area (Å²) in [6.45, 7) is 2.16. The van der Waals surface area contributed by atoms with Crippen molar-refractivity contribution >= 4 is 7.28 Å². The van der Waals surface area contributed by atoms with E-state index in [2.05, 4.69) is 20.2 Å². The second kappa shape index (κ2) is 5.24. The minimum absolute atomic E-state index is 0.350. The van der Waals surface area contributed by atoms with Gasteiger partial charge in [-0.05, 0) is 12.8 Å². The lowest BCUT2D eigenvalue weighted by Gasteiger charge is -2.19. The van der Waals surface area contributed by atoms with Crippen LogP contribution in [-0.4, -0.2) is 7.28 Å². The molecule has 0 aromatic rings. The van der Waals surface area contributed by atoms with Gasteiger partial charge in [-0.1, -0.05) is 38.3 Å². The van der Waals surface area contributed by atoms with Crippen molar-refractivity contribution < 1.29 is 0 Å². The third-order valence-electron chi connectivity index (χ3n) is 2.91. The van der Waals surface area contributed by atoms with Crippen LogP contribution in [0.2, 0.25) is 12.6 Å². The molecule has 0 bridgehead atoms. The Morgan fingerprint density at radius 2 is 1.75 bits per heavy atom. The molecule has 1 aliphatic rings. The fourth-order valence-electron chi connectivity index (χ4n) is 2.00. The van der Waals surface area contributed by atoms with E-state index < -0.39 is 0 Å². The zero-order valence-corrected chi connectivity index (χ0v) is 7.92. The lowest BCUT2D eigenvalue weighted by molar-refractivity contribution is 0.440. The lowest BCUT2D eigenvalue weighted by Crippen LogP contribution is -2.07. The van der Waals surface area contributed by atoms with Crippen molar-refractivity contribution in [1.29, 1.82) is 5.26 Å². The maximum atomic E-state index is 8.77. The van der Waals surface area contributed by atoms with E-state index in [4.69, 9.17) is 5.26 Å². The van der Waals surface area contributed by atoms with Crippen LogP contribution in [-0.2, 0) is 0 Å². The van der Waals surface area contributed by atoms with Crippen molar-refractivity contribution in [3.8, 4) is 6.07 Å². The number of nitriles is 1. The van der Waals surface area contributed by atoms with Gasteiger partial charge in [0.25, 0.3) is 0 Å². The van der Waals surface area contributed by atoms with Gasteiger partial charge < -0.3 is 0 Å². The molecule has 1 aliphatic carbocycles. The first-order valence-electron chi connectivity index (χ1n) is 5.06. The molecule has 1 fully saturated rings. The zero-order valence-electron chi connectivity index (χ0n) is 7.92. The van der Waals surface area contributed by atoms with Gasteiger partial charge in [-0.15, -0.1) is 0 Å². The molecule has 65 valence electrons. The summed E-state index contributed by atoms with van der Waals surface area (Å²) in [6.07, 6.45) is 7.34. The van der Waals surface area contributed by atoms with Crippen molar-refractivity contribution in [1.82, 2.24) is 0 Å². The fourth-order valence-corrected chi connectivity index (χ4v) is 2.00. The van der Waals surface area contributed by atoms with E-state index in [-0.39, 0.29) is 0 Å². The van der Waals surface area contributed by atoms with E-state index in [1.165, 1.54) is 25.7 Å². The van der Waals surface area contributed by atoms with Gasteiger partial charge in [0.15, 0.2) is 0 Å². The van der Waals surface area contributed by atoms with Crippen LogP contribution in [0.4, 0.5) is 0 Å². The number of rotatable bonds is 1. The molecule has 0 aliphatic heterocycles. The molecule has 1 rings (SSSR count). The standard InChI is InChI=1S/C10H17BN/c1-11-10-6-2-4-9(8-12)5-3-7-10/h9-10H,2-7H2,1H3. The van der Waals surface area contributed by atoms with Gasteiger partial charge >= 0.3 is 0 Å². The first-order chi connectivity index (χ1) is 5.86. The Hall–Kier alpha value is -0.445. The zero-order chi connectivity index (χ0) is 8.81. The summed E-state index contributed by atoms with van der Waals surface area (Å²) in [5.41, 5.74) is 0. The van der Waals surface area contributed by atoms with Crippen LogP contribution in [0.15, 0.2) is 0 Å². The first kappa shape index (κ1) is 9.64. The second-order valence-corrected chi connectivity index (χ2v) is 3.78. The van der Waals surface area contributed by atoms with E-state index in [0.29, 0.717) is 5.92 Å². The molecule has 0 aromatic carbocycles. The van der Waals surface area contributed by atoms with Crippen LogP contribution < -0.4 is 0 Å². The molecule has 0 aromatic heterocycles. The minimum atomic E-state index is 0.350. The Bertz CT molecular complexity index is 152. The predicted octanol–water partition coefficient (Wildman–Crippen LogP) is 3.02. The summed E-state index contributed by atoms with van der Waals surface area (Å²) in [6, 6.07) is 2.39. The maximum absolute atomic E-state index is 8.77. The fraction of sp³-hybridized carbons (Fsp3) is 0.900. The van der Waals surface area contributed by atoms with Crippen molar-refractivity contribution in [3.05, 3.63) is 0 Å². The Labute approximate surface area is 76.4 Å². The summed E-state index contributed by atoms with van der Waals surface area (Å²) in [5.74, 6) is 1.17. The van der Waals surface area contributed by atoms with E-state index in [1.54, 1.807) is 0 Å². The maximum Gasteiger partial charge on any atom is 0.110 e. The smallest absolute Gasteiger partial charge is 0.110 e. The van der Waals surface area contributed by atoms with Gasteiger partial charge in [0.05, 0.1) is 6.07 Å². The molecule has 0 unspecified atom stereocenters. The van der Waals surface area contributed by atoms with Crippen molar-refractivity contribution in [2.75, 3.05) is 0 Å². The quantitative estimate of drug-likeness (QED) is 0.543. The molecule has 1 radical (unpaired) electrons. The lowest BCUT2D eigenvalue weighted by atomic mass is 9.62. The van der Waals surface area contributed by atoms with Crippen molar-refractivity contribution in [2.24, 2.45) is 5.92 Å². The van der Waals surface area contributed by atoms with Gasteiger partial charge in [-0.3, -0.25) is 0 Å². The summed E-state index contributed by atoms with van der Waals surface area (Å²) >= 11 is 0. The van der Waals surface area contributed by atoms with E-state index in [0.717, 1.165) is 18.7 Å². The molecule has 0 heterocycles. The highest BCUT2D eigenvalue weighted by Gasteiger charge is 2.14. The molecule has 0 N–H and O–H groups in total. The molecule has 2 heteroatoms. The molecule has 0 atom stereocenters. The third-order valence-corrected chi connectivity index (χ3v) is 2.91. The van der Waals surface area contributed by atoms with Gasteiger partial charge in [0.1, 0.15) is 7.28 Å². The average molecular weight is 162 g/mol. The molecule has 1 nitrogen and oxygen atoms in total. The van der Waals surface area contributed by atoms with Gasteiger partial charge in [0, 0.05) is 5.92 Å². The SMILES string of the molecule is C[B]C1CCCC(C#N)CCC1. The van der Waals surface area contributed by atoms with Gasteiger partial charge in [-0.25, -0.2) is 0 Å². The Morgan fingerprint density at radius 1 is 1.17 bits per heavy atom. The van der Waals surface area contributed by atoms with Crippen LogP contribution in [0.3, 0.4) is 0 Å². The highest BCUT2D eigenvalue weighted by atomic mass is 14.3. The summed E-state index contributed by atoms with van der Waals surface area (Å²) in [7, 11) is 2.33. The first-order valence-corrected chi connectivity index (χ1v) is 5.06. The number of hydrogen-bond donors (Lipinski definition) is 0. The highest BCUT2D eigenvalue weighted by Crippen LogP contribution is 2.28. The summed E-state index contributed by atoms with van der Waals surface area (Å²) in [5, 5.41) is 8.77. The van der Waals surface area contributed by atoms with E-state index >= 15 is 0 Å². The van der Waals surface area contributed by atoms with Crippen LogP contribution in [0.25, 0.3) is 0 Å².